The summed E-state index contributed by atoms with van der Waals surface area (Å²) in [7, 11) is 0. The van der Waals surface area contributed by atoms with E-state index in [0.29, 0.717) is 0 Å². The van der Waals surface area contributed by atoms with Gasteiger partial charge in [-0.1, -0.05) is 6.92 Å². The fourth-order valence-corrected chi connectivity index (χ4v) is 1.91. The van der Waals surface area contributed by atoms with Gasteiger partial charge < -0.3 is 11.1 Å². The lowest BCUT2D eigenvalue weighted by atomic mass is 10.2. The molecular formula is C9H21N3. The molecule has 3 heteroatoms. The minimum Gasteiger partial charge on any atom is -0.329 e. The van der Waals surface area contributed by atoms with E-state index in [9.17, 15) is 0 Å². The van der Waals surface area contributed by atoms with Gasteiger partial charge in [0.1, 0.15) is 0 Å². The topological polar surface area (TPSA) is 41.3 Å². The minimum absolute atomic E-state index is 0.749. The van der Waals surface area contributed by atoms with E-state index in [1.54, 1.807) is 0 Å². The van der Waals surface area contributed by atoms with Crippen molar-refractivity contribution in [1.29, 1.82) is 0 Å². The van der Waals surface area contributed by atoms with Gasteiger partial charge in [-0.2, -0.15) is 0 Å². The van der Waals surface area contributed by atoms with Crippen LogP contribution < -0.4 is 11.1 Å². The van der Waals surface area contributed by atoms with E-state index >= 15 is 0 Å². The van der Waals surface area contributed by atoms with Gasteiger partial charge in [0.15, 0.2) is 0 Å². The number of likely N-dealkylation sites (tertiary alicyclic amines) is 1. The highest BCUT2D eigenvalue weighted by Gasteiger charge is 2.21. The van der Waals surface area contributed by atoms with Crippen molar-refractivity contribution in [1.82, 2.24) is 10.2 Å². The smallest absolute Gasteiger partial charge is 0.0221 e. The highest BCUT2D eigenvalue weighted by Crippen LogP contribution is 2.15. The fraction of sp³-hybridized carbons (Fsp3) is 1.00. The molecule has 12 heavy (non-hydrogen) atoms. The van der Waals surface area contributed by atoms with Crippen LogP contribution >= 0.6 is 0 Å². The third kappa shape index (κ3) is 2.73. The average molecular weight is 171 g/mol. The summed E-state index contributed by atoms with van der Waals surface area (Å²) in [5.74, 6) is 0. The predicted molar refractivity (Wildman–Crippen MR) is 52.2 cm³/mol. The van der Waals surface area contributed by atoms with Crippen molar-refractivity contribution in [2.45, 2.75) is 25.8 Å². The average Bonchev–Trinajstić information content (AvgIpc) is 2.52. The molecule has 0 aromatic heterocycles. The molecule has 1 heterocycles. The van der Waals surface area contributed by atoms with Crippen LogP contribution in [0, 0.1) is 0 Å². The van der Waals surface area contributed by atoms with Gasteiger partial charge in [0.05, 0.1) is 0 Å². The maximum Gasteiger partial charge on any atom is 0.0221 e. The van der Waals surface area contributed by atoms with E-state index < -0.39 is 0 Å². The molecule has 1 rings (SSSR count). The van der Waals surface area contributed by atoms with Gasteiger partial charge in [0.2, 0.25) is 0 Å². The Bertz CT molecular complexity index is 116. The molecule has 72 valence electrons. The number of rotatable bonds is 5. The highest BCUT2D eigenvalue weighted by atomic mass is 15.2. The lowest BCUT2D eigenvalue weighted by Crippen LogP contribution is -2.39. The van der Waals surface area contributed by atoms with Gasteiger partial charge in [-0.05, 0) is 25.9 Å². The summed E-state index contributed by atoms with van der Waals surface area (Å²) in [6, 6.07) is 0.765. The molecule has 0 spiro atoms. The van der Waals surface area contributed by atoms with E-state index in [4.69, 9.17) is 5.73 Å². The molecular weight excluding hydrogens is 150 g/mol. The van der Waals surface area contributed by atoms with Crippen LogP contribution in [-0.4, -0.2) is 43.7 Å². The van der Waals surface area contributed by atoms with Gasteiger partial charge in [-0.25, -0.2) is 0 Å². The summed E-state index contributed by atoms with van der Waals surface area (Å²) in [4.78, 5) is 2.55. The van der Waals surface area contributed by atoms with E-state index in [1.165, 1.54) is 25.9 Å². The van der Waals surface area contributed by atoms with Crippen LogP contribution in [0.15, 0.2) is 0 Å². The van der Waals surface area contributed by atoms with Gasteiger partial charge >= 0.3 is 0 Å². The second-order valence-corrected chi connectivity index (χ2v) is 3.42. The zero-order valence-electron chi connectivity index (χ0n) is 8.05. The van der Waals surface area contributed by atoms with Gasteiger partial charge in [0, 0.05) is 25.7 Å². The zero-order valence-corrected chi connectivity index (χ0v) is 8.05. The second kappa shape index (κ2) is 5.51. The van der Waals surface area contributed by atoms with Crippen LogP contribution in [0.25, 0.3) is 0 Å². The molecule has 0 aromatic rings. The monoisotopic (exact) mass is 171 g/mol. The maximum absolute atomic E-state index is 5.40. The Morgan fingerprint density at radius 3 is 3.08 bits per heavy atom. The molecule has 1 atom stereocenters. The molecule has 0 bridgehead atoms. The molecule has 0 unspecified atom stereocenters. The van der Waals surface area contributed by atoms with Crippen molar-refractivity contribution in [2.24, 2.45) is 5.73 Å². The summed E-state index contributed by atoms with van der Waals surface area (Å²) in [5.41, 5.74) is 5.40. The first-order chi connectivity index (χ1) is 5.88. The number of likely N-dealkylation sites (N-methyl/N-ethyl adjacent to an activating group) is 1. The molecule has 1 aliphatic rings. The normalized spacial score (nSPS) is 25.0. The Kier molecular flexibility index (Phi) is 4.58. The summed E-state index contributed by atoms with van der Waals surface area (Å²) >= 11 is 0. The number of hydrogen-bond donors (Lipinski definition) is 2. The predicted octanol–water partition coefficient (Wildman–Crippen LogP) is 0.0190. The van der Waals surface area contributed by atoms with Gasteiger partial charge in [-0.3, -0.25) is 4.90 Å². The number of hydrogen-bond acceptors (Lipinski definition) is 3. The van der Waals surface area contributed by atoms with Crippen molar-refractivity contribution >= 4 is 0 Å². The Balaban J connectivity index is 2.12. The molecule has 0 aromatic carbocycles. The summed E-state index contributed by atoms with van der Waals surface area (Å²) in [6.45, 7) is 7.53. The SMILES string of the molecule is CCN1CCC[C@@H]1CNCCN. The summed E-state index contributed by atoms with van der Waals surface area (Å²) < 4.78 is 0. The van der Waals surface area contributed by atoms with Crippen molar-refractivity contribution in [2.75, 3.05) is 32.7 Å². The largest absolute Gasteiger partial charge is 0.329 e. The minimum atomic E-state index is 0.749. The van der Waals surface area contributed by atoms with Crippen LogP contribution in [0.2, 0.25) is 0 Å². The second-order valence-electron chi connectivity index (χ2n) is 3.42. The fourth-order valence-electron chi connectivity index (χ4n) is 1.91. The molecule has 1 saturated heterocycles. The summed E-state index contributed by atoms with van der Waals surface area (Å²) in [5, 5.41) is 3.37. The lowest BCUT2D eigenvalue weighted by Gasteiger charge is -2.22. The van der Waals surface area contributed by atoms with Crippen LogP contribution in [0.3, 0.4) is 0 Å². The summed E-state index contributed by atoms with van der Waals surface area (Å²) in [6.07, 6.45) is 2.72. The highest BCUT2D eigenvalue weighted by molar-refractivity contribution is 4.79. The molecule has 3 nitrogen and oxygen atoms in total. The molecule has 0 radical (unpaired) electrons. The molecule has 0 amide bonds. The van der Waals surface area contributed by atoms with Gasteiger partial charge in [-0.15, -0.1) is 0 Å². The van der Waals surface area contributed by atoms with Crippen LogP contribution in [0.1, 0.15) is 19.8 Å². The number of nitrogens with zero attached hydrogens (tertiary/aromatic N) is 1. The van der Waals surface area contributed by atoms with E-state index in [-0.39, 0.29) is 0 Å². The Morgan fingerprint density at radius 2 is 2.42 bits per heavy atom. The molecule has 1 aliphatic heterocycles. The Hall–Kier alpha value is -0.120. The Morgan fingerprint density at radius 1 is 1.58 bits per heavy atom. The van der Waals surface area contributed by atoms with Crippen molar-refractivity contribution in [3.63, 3.8) is 0 Å². The quantitative estimate of drug-likeness (QED) is 0.573. The third-order valence-electron chi connectivity index (χ3n) is 2.61. The third-order valence-corrected chi connectivity index (χ3v) is 2.61. The van der Waals surface area contributed by atoms with E-state index in [1.807, 2.05) is 0 Å². The van der Waals surface area contributed by atoms with Crippen LogP contribution in [0.5, 0.6) is 0 Å². The first kappa shape index (κ1) is 9.96. The Labute approximate surface area is 75.3 Å². The lowest BCUT2D eigenvalue weighted by molar-refractivity contribution is 0.261. The first-order valence-corrected chi connectivity index (χ1v) is 5.03. The van der Waals surface area contributed by atoms with Crippen molar-refractivity contribution in [3.8, 4) is 0 Å². The maximum atomic E-state index is 5.40. The van der Waals surface area contributed by atoms with Crippen LogP contribution in [0.4, 0.5) is 0 Å². The standard InChI is InChI=1S/C9H21N3/c1-2-12-7-3-4-9(12)8-11-6-5-10/h9,11H,2-8,10H2,1H3/t9-/m1/s1. The first-order valence-electron chi connectivity index (χ1n) is 5.03. The van der Waals surface area contributed by atoms with E-state index in [0.717, 1.165) is 25.7 Å². The van der Waals surface area contributed by atoms with Crippen molar-refractivity contribution < 1.29 is 0 Å². The van der Waals surface area contributed by atoms with Gasteiger partial charge in [0.25, 0.3) is 0 Å². The van der Waals surface area contributed by atoms with Crippen LogP contribution in [-0.2, 0) is 0 Å². The number of nitrogens with one attached hydrogen (secondary N) is 1. The van der Waals surface area contributed by atoms with Crippen molar-refractivity contribution in [3.05, 3.63) is 0 Å². The van der Waals surface area contributed by atoms with E-state index in [2.05, 4.69) is 17.1 Å². The number of nitrogens with two attached hydrogens (primary N) is 1. The molecule has 0 saturated carbocycles. The molecule has 3 N–H and O–H groups in total. The zero-order chi connectivity index (χ0) is 8.81. The molecule has 0 aliphatic carbocycles. The molecule has 1 fully saturated rings.